The van der Waals surface area contributed by atoms with Crippen molar-refractivity contribution < 1.29 is 14.7 Å². The molecule has 0 radical (unpaired) electrons. The van der Waals surface area contributed by atoms with E-state index < -0.39 is 11.9 Å². The minimum Gasteiger partial charge on any atom is -0.481 e. The SMILES string of the molecule is CC1CCC(C(=O)O)CN1C(=O)c1cccc2cn[nH]c12. The molecule has 0 saturated carbocycles. The number of amides is 1. The van der Waals surface area contributed by atoms with Crippen LogP contribution in [-0.4, -0.2) is 44.7 Å². The van der Waals surface area contributed by atoms with Crippen LogP contribution in [0.1, 0.15) is 30.1 Å². The average Bonchev–Trinajstić information content (AvgIpc) is 2.95. The Morgan fingerprint density at radius 2 is 2.19 bits per heavy atom. The van der Waals surface area contributed by atoms with Crippen molar-refractivity contribution in [2.24, 2.45) is 5.92 Å². The number of carboxylic acid groups (broad SMARTS) is 1. The van der Waals surface area contributed by atoms with Gasteiger partial charge in [-0.25, -0.2) is 0 Å². The third-order valence-electron chi connectivity index (χ3n) is 4.20. The van der Waals surface area contributed by atoms with Crippen molar-refractivity contribution in [3.05, 3.63) is 30.0 Å². The van der Waals surface area contributed by atoms with Crippen LogP contribution in [0.15, 0.2) is 24.4 Å². The fraction of sp³-hybridized carbons (Fsp3) is 0.400. The van der Waals surface area contributed by atoms with Gasteiger partial charge < -0.3 is 10.0 Å². The maximum atomic E-state index is 12.8. The molecule has 2 unspecified atom stereocenters. The Kier molecular flexibility index (Phi) is 3.37. The summed E-state index contributed by atoms with van der Waals surface area (Å²) >= 11 is 0. The quantitative estimate of drug-likeness (QED) is 0.883. The lowest BCUT2D eigenvalue weighted by atomic mass is 9.92. The Balaban J connectivity index is 1.93. The van der Waals surface area contributed by atoms with Crippen LogP contribution in [0.4, 0.5) is 0 Å². The summed E-state index contributed by atoms with van der Waals surface area (Å²) in [5, 5.41) is 16.9. The molecule has 1 saturated heterocycles. The van der Waals surface area contributed by atoms with Crippen molar-refractivity contribution in [3.8, 4) is 0 Å². The Bertz CT molecular complexity index is 694. The number of nitrogens with one attached hydrogen (secondary N) is 1. The maximum absolute atomic E-state index is 12.8. The molecular formula is C15H17N3O3. The molecule has 0 aliphatic carbocycles. The predicted molar refractivity (Wildman–Crippen MR) is 77.0 cm³/mol. The van der Waals surface area contributed by atoms with Crippen LogP contribution in [0.3, 0.4) is 0 Å². The number of piperidine rings is 1. The lowest BCUT2D eigenvalue weighted by Gasteiger charge is -2.36. The van der Waals surface area contributed by atoms with Crippen LogP contribution in [0, 0.1) is 5.92 Å². The van der Waals surface area contributed by atoms with E-state index in [1.54, 1.807) is 17.2 Å². The number of para-hydroxylation sites is 1. The normalized spacial score (nSPS) is 22.4. The number of rotatable bonds is 2. The minimum atomic E-state index is -0.834. The molecule has 1 aromatic carbocycles. The molecule has 2 N–H and O–H groups in total. The van der Waals surface area contributed by atoms with Crippen LogP contribution in [-0.2, 0) is 4.79 Å². The maximum Gasteiger partial charge on any atom is 0.308 e. The summed E-state index contributed by atoms with van der Waals surface area (Å²) in [4.78, 5) is 25.6. The van der Waals surface area contributed by atoms with Gasteiger partial charge in [0.25, 0.3) is 5.91 Å². The lowest BCUT2D eigenvalue weighted by Crippen LogP contribution is -2.47. The Hall–Kier alpha value is -2.37. The van der Waals surface area contributed by atoms with Crippen molar-refractivity contribution in [2.75, 3.05) is 6.54 Å². The molecule has 1 amide bonds. The van der Waals surface area contributed by atoms with Gasteiger partial charge in [0.05, 0.1) is 23.2 Å². The molecular weight excluding hydrogens is 270 g/mol. The summed E-state index contributed by atoms with van der Waals surface area (Å²) in [5.41, 5.74) is 1.25. The van der Waals surface area contributed by atoms with Gasteiger partial charge in [-0.2, -0.15) is 5.10 Å². The van der Waals surface area contributed by atoms with Gasteiger partial charge >= 0.3 is 5.97 Å². The summed E-state index contributed by atoms with van der Waals surface area (Å²) in [6.07, 6.45) is 3.00. The smallest absolute Gasteiger partial charge is 0.308 e. The van der Waals surface area contributed by atoms with Crippen molar-refractivity contribution in [1.29, 1.82) is 0 Å². The second-order valence-corrected chi connectivity index (χ2v) is 5.56. The van der Waals surface area contributed by atoms with E-state index >= 15 is 0 Å². The van der Waals surface area contributed by atoms with Crippen LogP contribution in [0.2, 0.25) is 0 Å². The fourth-order valence-electron chi connectivity index (χ4n) is 2.89. The molecule has 1 aliphatic rings. The molecule has 0 spiro atoms. The van der Waals surface area contributed by atoms with Crippen molar-refractivity contribution in [1.82, 2.24) is 15.1 Å². The number of nitrogens with zero attached hydrogens (tertiary/aromatic N) is 2. The largest absolute Gasteiger partial charge is 0.481 e. The minimum absolute atomic E-state index is 0.0475. The molecule has 6 heteroatoms. The summed E-state index contributed by atoms with van der Waals surface area (Å²) in [7, 11) is 0. The van der Waals surface area contributed by atoms with E-state index in [4.69, 9.17) is 0 Å². The van der Waals surface area contributed by atoms with E-state index in [1.165, 1.54) is 0 Å². The number of benzene rings is 1. The highest BCUT2D eigenvalue weighted by Crippen LogP contribution is 2.26. The van der Waals surface area contributed by atoms with Crippen LogP contribution >= 0.6 is 0 Å². The molecule has 1 aliphatic heterocycles. The predicted octanol–water partition coefficient (Wildman–Crippen LogP) is 1.89. The standard InChI is InChI=1S/C15H17N3O3/c1-9-5-6-11(15(20)21)8-18(9)14(19)12-4-2-3-10-7-16-17-13(10)12/h2-4,7,9,11H,5-6,8H2,1H3,(H,16,17)(H,20,21). The monoisotopic (exact) mass is 287 g/mol. The Labute approximate surface area is 121 Å². The summed E-state index contributed by atoms with van der Waals surface area (Å²) in [5.74, 6) is -1.45. The van der Waals surface area contributed by atoms with Crippen LogP contribution in [0.5, 0.6) is 0 Å². The van der Waals surface area contributed by atoms with Crippen molar-refractivity contribution >= 4 is 22.8 Å². The third kappa shape index (κ3) is 2.37. The highest BCUT2D eigenvalue weighted by molar-refractivity contribution is 6.05. The van der Waals surface area contributed by atoms with Crippen molar-refractivity contribution in [3.63, 3.8) is 0 Å². The third-order valence-corrected chi connectivity index (χ3v) is 4.20. The molecule has 1 fully saturated rings. The van der Waals surface area contributed by atoms with Gasteiger partial charge in [0, 0.05) is 18.0 Å². The fourth-order valence-corrected chi connectivity index (χ4v) is 2.89. The second-order valence-electron chi connectivity index (χ2n) is 5.56. The van der Waals surface area contributed by atoms with Crippen LogP contribution < -0.4 is 0 Å². The highest BCUT2D eigenvalue weighted by atomic mass is 16.4. The lowest BCUT2D eigenvalue weighted by molar-refractivity contribution is -0.143. The number of carbonyl (C=O) groups excluding carboxylic acids is 1. The zero-order valence-electron chi connectivity index (χ0n) is 11.7. The van der Waals surface area contributed by atoms with Gasteiger partial charge in [-0.05, 0) is 25.8 Å². The molecule has 2 aromatic rings. The molecule has 6 nitrogen and oxygen atoms in total. The van der Waals surface area contributed by atoms with E-state index in [0.717, 1.165) is 5.39 Å². The topological polar surface area (TPSA) is 86.3 Å². The van der Waals surface area contributed by atoms with E-state index in [9.17, 15) is 14.7 Å². The Morgan fingerprint density at radius 3 is 2.95 bits per heavy atom. The molecule has 1 aromatic heterocycles. The molecule has 2 atom stereocenters. The molecule has 3 rings (SSSR count). The number of aromatic nitrogens is 2. The van der Waals surface area contributed by atoms with E-state index in [-0.39, 0.29) is 18.5 Å². The number of carbonyl (C=O) groups is 2. The zero-order valence-corrected chi connectivity index (χ0v) is 11.7. The van der Waals surface area contributed by atoms with Gasteiger partial charge in [-0.3, -0.25) is 14.7 Å². The van der Waals surface area contributed by atoms with E-state index in [1.807, 2.05) is 19.1 Å². The number of carboxylic acids is 1. The Morgan fingerprint density at radius 1 is 1.38 bits per heavy atom. The number of aliphatic carboxylic acids is 1. The van der Waals surface area contributed by atoms with Gasteiger partial charge in [0.2, 0.25) is 0 Å². The second kappa shape index (κ2) is 5.20. The highest BCUT2D eigenvalue weighted by Gasteiger charge is 2.33. The first-order valence-corrected chi connectivity index (χ1v) is 7.04. The molecule has 0 bridgehead atoms. The summed E-state index contributed by atoms with van der Waals surface area (Å²) in [6, 6.07) is 5.50. The number of H-pyrrole nitrogens is 1. The van der Waals surface area contributed by atoms with Gasteiger partial charge in [-0.1, -0.05) is 12.1 Å². The first-order chi connectivity index (χ1) is 10.1. The molecule has 2 heterocycles. The molecule has 110 valence electrons. The zero-order chi connectivity index (χ0) is 15.0. The van der Waals surface area contributed by atoms with Gasteiger partial charge in [-0.15, -0.1) is 0 Å². The van der Waals surface area contributed by atoms with Gasteiger partial charge in [0.1, 0.15) is 0 Å². The number of aromatic amines is 1. The first kappa shape index (κ1) is 13.6. The number of likely N-dealkylation sites (tertiary alicyclic amines) is 1. The average molecular weight is 287 g/mol. The number of hydrogen-bond donors (Lipinski definition) is 2. The summed E-state index contributed by atoms with van der Waals surface area (Å²) < 4.78 is 0. The van der Waals surface area contributed by atoms with Crippen molar-refractivity contribution in [2.45, 2.75) is 25.8 Å². The van der Waals surface area contributed by atoms with Gasteiger partial charge in [0.15, 0.2) is 0 Å². The van der Waals surface area contributed by atoms with Crippen LogP contribution in [0.25, 0.3) is 10.9 Å². The number of fused-ring (bicyclic) bond motifs is 1. The molecule has 21 heavy (non-hydrogen) atoms. The van der Waals surface area contributed by atoms with E-state index in [0.29, 0.717) is 23.9 Å². The summed E-state index contributed by atoms with van der Waals surface area (Å²) in [6.45, 7) is 2.23. The van der Waals surface area contributed by atoms with E-state index in [2.05, 4.69) is 10.2 Å². The number of hydrogen-bond acceptors (Lipinski definition) is 3. The first-order valence-electron chi connectivity index (χ1n) is 7.04.